The lowest BCUT2D eigenvalue weighted by Gasteiger charge is -2.36. The zero-order chi connectivity index (χ0) is 21.6. The van der Waals surface area contributed by atoms with Crippen molar-refractivity contribution in [3.05, 3.63) is 66.4 Å². The summed E-state index contributed by atoms with van der Waals surface area (Å²) >= 11 is 0. The second-order valence-corrected chi connectivity index (χ2v) is 7.15. The minimum absolute atomic E-state index is 0.604. The van der Waals surface area contributed by atoms with Crippen molar-refractivity contribution in [3.63, 3.8) is 0 Å². The van der Waals surface area contributed by atoms with Crippen molar-refractivity contribution in [2.24, 2.45) is 0 Å². The molecule has 160 valence electrons. The van der Waals surface area contributed by atoms with Crippen LogP contribution < -0.4 is 10.2 Å². The molecular weight excluding hydrogens is 395 g/mol. The molecule has 0 saturated carbocycles. The first kappa shape index (κ1) is 21.7. The fourth-order valence-corrected chi connectivity index (χ4v) is 3.55. The molecule has 0 bridgehead atoms. The van der Waals surface area contributed by atoms with Gasteiger partial charge >= 0.3 is 12.1 Å². The molecule has 30 heavy (non-hydrogen) atoms. The molecule has 3 aromatic rings. The Balaban J connectivity index is 0.000000318. The number of nitrogens with one attached hydrogen (secondary N) is 2. The number of aromatic nitrogens is 1. The Kier molecular flexibility index (Phi) is 6.99. The van der Waals surface area contributed by atoms with Crippen LogP contribution in [0.25, 0.3) is 10.9 Å². The number of anilines is 1. The van der Waals surface area contributed by atoms with E-state index in [2.05, 4.69) is 69.8 Å². The third kappa shape index (κ3) is 5.76. The van der Waals surface area contributed by atoms with E-state index in [9.17, 15) is 13.2 Å². The molecule has 0 aliphatic carbocycles. The topological polar surface area (TPSA) is 68.4 Å². The number of aliphatic carboxylic acids is 1. The third-order valence-corrected chi connectivity index (χ3v) is 5.06. The predicted molar refractivity (Wildman–Crippen MR) is 111 cm³/mol. The van der Waals surface area contributed by atoms with Crippen molar-refractivity contribution in [2.75, 3.05) is 18.0 Å². The highest BCUT2D eigenvalue weighted by atomic mass is 19.4. The number of carboxylic acid groups (broad SMARTS) is 1. The molecule has 8 heteroatoms. The number of carbonyl (C=O) groups is 1. The fourth-order valence-electron chi connectivity index (χ4n) is 3.55. The van der Waals surface area contributed by atoms with Crippen LogP contribution in [-0.4, -0.2) is 41.4 Å². The van der Waals surface area contributed by atoms with E-state index in [-0.39, 0.29) is 0 Å². The van der Waals surface area contributed by atoms with Gasteiger partial charge < -0.3 is 20.3 Å². The number of aromatic amines is 1. The van der Waals surface area contributed by atoms with E-state index in [1.165, 1.54) is 35.0 Å². The summed E-state index contributed by atoms with van der Waals surface area (Å²) in [5.74, 6) is -2.76. The lowest BCUT2D eigenvalue weighted by Crippen LogP contribution is -2.43. The van der Waals surface area contributed by atoms with Gasteiger partial charge in [0.1, 0.15) is 0 Å². The van der Waals surface area contributed by atoms with E-state index in [0.29, 0.717) is 6.04 Å². The first-order valence-electron chi connectivity index (χ1n) is 9.73. The maximum absolute atomic E-state index is 10.6. The van der Waals surface area contributed by atoms with Gasteiger partial charge in [-0.25, -0.2) is 4.79 Å². The molecule has 3 N–H and O–H groups in total. The van der Waals surface area contributed by atoms with Gasteiger partial charge in [-0.2, -0.15) is 13.2 Å². The number of alkyl halides is 3. The predicted octanol–water partition coefficient (Wildman–Crippen LogP) is 4.56. The van der Waals surface area contributed by atoms with Crippen molar-refractivity contribution in [2.45, 2.75) is 31.6 Å². The van der Waals surface area contributed by atoms with E-state index >= 15 is 0 Å². The second-order valence-electron chi connectivity index (χ2n) is 7.15. The summed E-state index contributed by atoms with van der Waals surface area (Å²) in [6.07, 6.45) is -0.656. The maximum Gasteiger partial charge on any atom is 0.490 e. The molecule has 0 spiro atoms. The van der Waals surface area contributed by atoms with Gasteiger partial charge in [-0.3, -0.25) is 0 Å². The normalized spacial score (nSPS) is 14.8. The van der Waals surface area contributed by atoms with Crippen LogP contribution in [0, 0.1) is 0 Å². The van der Waals surface area contributed by atoms with Crippen molar-refractivity contribution < 1.29 is 23.1 Å². The van der Waals surface area contributed by atoms with E-state index in [1.54, 1.807) is 0 Å². The van der Waals surface area contributed by atoms with Crippen LogP contribution in [0.3, 0.4) is 0 Å². The largest absolute Gasteiger partial charge is 0.490 e. The zero-order valence-corrected chi connectivity index (χ0v) is 16.3. The molecule has 5 nitrogen and oxygen atoms in total. The number of H-pyrrole nitrogens is 1. The first-order valence-corrected chi connectivity index (χ1v) is 9.73. The van der Waals surface area contributed by atoms with Gasteiger partial charge in [0.05, 0.1) is 0 Å². The van der Waals surface area contributed by atoms with Crippen LogP contribution in [0.15, 0.2) is 60.8 Å². The summed E-state index contributed by atoms with van der Waals surface area (Å²) in [6, 6.07) is 20.3. The summed E-state index contributed by atoms with van der Waals surface area (Å²) in [5.41, 5.74) is 3.91. The lowest BCUT2D eigenvalue weighted by molar-refractivity contribution is -0.192. The monoisotopic (exact) mass is 419 g/mol. The highest BCUT2D eigenvalue weighted by molar-refractivity contribution is 5.83. The number of hydrogen-bond acceptors (Lipinski definition) is 3. The Hall–Kier alpha value is -3.00. The molecule has 0 amide bonds. The number of hydrogen-bond donors (Lipinski definition) is 3. The van der Waals surface area contributed by atoms with Gasteiger partial charge in [-0.1, -0.05) is 30.3 Å². The molecule has 0 atom stereocenters. The van der Waals surface area contributed by atoms with Gasteiger partial charge in [0.2, 0.25) is 0 Å². The van der Waals surface area contributed by atoms with Gasteiger partial charge in [0.25, 0.3) is 0 Å². The molecule has 2 heterocycles. The van der Waals surface area contributed by atoms with Crippen molar-refractivity contribution in [1.82, 2.24) is 10.3 Å². The molecule has 4 rings (SSSR count). The van der Waals surface area contributed by atoms with Crippen LogP contribution in [0.5, 0.6) is 0 Å². The molecule has 1 aliphatic rings. The van der Waals surface area contributed by atoms with Gasteiger partial charge in [0, 0.05) is 35.4 Å². The quantitative estimate of drug-likeness (QED) is 0.580. The van der Waals surface area contributed by atoms with Crippen LogP contribution in [0.1, 0.15) is 18.4 Å². The molecule has 1 aliphatic heterocycles. The third-order valence-electron chi connectivity index (χ3n) is 5.06. The van der Waals surface area contributed by atoms with Crippen molar-refractivity contribution >= 4 is 22.6 Å². The van der Waals surface area contributed by atoms with Crippen LogP contribution in [0.2, 0.25) is 0 Å². The van der Waals surface area contributed by atoms with E-state index in [4.69, 9.17) is 9.90 Å². The number of nitrogens with zero attached hydrogens (tertiary/aromatic N) is 1. The maximum atomic E-state index is 10.6. The number of halogens is 3. The smallest absolute Gasteiger partial charge is 0.475 e. The minimum atomic E-state index is -5.08. The number of fused-ring (bicyclic) bond motifs is 1. The Bertz CT molecular complexity index is 951. The number of carboxylic acids is 1. The molecule has 1 fully saturated rings. The lowest BCUT2D eigenvalue weighted by atomic mass is 10.0. The van der Waals surface area contributed by atoms with Crippen molar-refractivity contribution in [1.29, 1.82) is 0 Å². The Morgan fingerprint density at radius 1 is 1.07 bits per heavy atom. The Morgan fingerprint density at radius 2 is 1.73 bits per heavy atom. The summed E-state index contributed by atoms with van der Waals surface area (Å²) in [6.45, 7) is 3.20. The van der Waals surface area contributed by atoms with Crippen LogP contribution >= 0.6 is 0 Å². The van der Waals surface area contributed by atoms with E-state index in [0.717, 1.165) is 19.6 Å². The van der Waals surface area contributed by atoms with Crippen molar-refractivity contribution in [3.8, 4) is 0 Å². The highest BCUT2D eigenvalue weighted by Gasteiger charge is 2.38. The molecule has 1 saturated heterocycles. The summed E-state index contributed by atoms with van der Waals surface area (Å²) < 4.78 is 31.7. The Morgan fingerprint density at radius 3 is 2.37 bits per heavy atom. The van der Waals surface area contributed by atoms with Crippen LogP contribution in [0.4, 0.5) is 18.9 Å². The second kappa shape index (κ2) is 9.67. The number of benzene rings is 2. The number of rotatable bonds is 4. The van der Waals surface area contributed by atoms with Crippen LogP contribution in [-0.2, 0) is 11.3 Å². The number of piperidine rings is 1. The molecule has 1 aromatic heterocycles. The molecule has 0 unspecified atom stereocenters. The van der Waals surface area contributed by atoms with Gasteiger partial charge in [0.15, 0.2) is 0 Å². The first-order chi connectivity index (χ1) is 14.3. The van der Waals surface area contributed by atoms with Gasteiger partial charge in [-0.05, 0) is 55.8 Å². The average Bonchev–Trinajstić information content (AvgIpc) is 3.21. The summed E-state index contributed by atoms with van der Waals surface area (Å²) in [4.78, 5) is 14.8. The Labute approximate surface area is 172 Å². The van der Waals surface area contributed by atoms with E-state index < -0.39 is 12.1 Å². The fraction of sp³-hybridized carbons (Fsp3) is 0.318. The SMILES string of the molecule is O=C(O)C(F)(F)F.c1ccc(CN(c2ccc3[nH]ccc3c2)C2CCNCC2)cc1. The highest BCUT2D eigenvalue weighted by Crippen LogP contribution is 2.27. The molecule has 0 radical (unpaired) electrons. The molecular formula is C22H24F3N3O2. The average molecular weight is 419 g/mol. The minimum Gasteiger partial charge on any atom is -0.475 e. The zero-order valence-electron chi connectivity index (χ0n) is 16.3. The summed E-state index contributed by atoms with van der Waals surface area (Å²) in [5, 5.41) is 11.9. The standard InChI is InChI=1S/C20H23N3.C2HF3O2/c1-2-4-16(5-3-1)15-23(18-9-11-21-12-10-18)19-6-7-20-17(14-19)8-13-22-20;3-2(4,5)1(6)7/h1-8,13-14,18,21-22H,9-12,15H2;(H,6,7). The summed E-state index contributed by atoms with van der Waals surface area (Å²) in [7, 11) is 0. The molecule has 2 aromatic carbocycles. The van der Waals surface area contributed by atoms with E-state index in [1.807, 2.05) is 6.20 Å². The van der Waals surface area contributed by atoms with Gasteiger partial charge in [-0.15, -0.1) is 0 Å².